The third-order valence-corrected chi connectivity index (χ3v) is 5.36. The number of guanidine groups is 1. The van der Waals surface area contributed by atoms with Gasteiger partial charge < -0.3 is 20.2 Å². The van der Waals surface area contributed by atoms with Crippen LogP contribution in [-0.4, -0.2) is 30.7 Å². The number of halogens is 1. The van der Waals surface area contributed by atoms with Gasteiger partial charge in [-0.3, -0.25) is 0 Å². The molecule has 156 valence electrons. The van der Waals surface area contributed by atoms with Gasteiger partial charge in [0.2, 0.25) is 0 Å². The largest absolute Gasteiger partial charge is 0.469 e. The average molecular weight is 525 g/mol. The molecule has 0 amide bonds. The molecule has 5 nitrogen and oxygen atoms in total. The van der Waals surface area contributed by atoms with Crippen LogP contribution in [0.5, 0.6) is 0 Å². The maximum absolute atomic E-state index is 10.8. The molecule has 0 saturated heterocycles. The predicted octanol–water partition coefficient (Wildman–Crippen LogP) is 4.19. The Morgan fingerprint density at radius 1 is 1.03 bits per heavy atom. The van der Waals surface area contributed by atoms with Gasteiger partial charge in [-0.15, -0.1) is 35.3 Å². The lowest BCUT2D eigenvalue weighted by Crippen LogP contribution is -2.40. The van der Waals surface area contributed by atoms with Crippen molar-refractivity contribution in [2.45, 2.75) is 25.4 Å². The Bertz CT molecular complexity index is 792. The Labute approximate surface area is 193 Å². The molecule has 0 fully saturated rings. The maximum Gasteiger partial charge on any atom is 0.191 e. The van der Waals surface area contributed by atoms with E-state index in [4.69, 9.17) is 4.42 Å². The van der Waals surface area contributed by atoms with Crippen molar-refractivity contribution < 1.29 is 9.52 Å². The topological polar surface area (TPSA) is 69.8 Å². The molecule has 0 saturated carbocycles. The number of thiophene rings is 1. The lowest BCUT2D eigenvalue weighted by molar-refractivity contribution is 0.0672. The second-order valence-electron chi connectivity index (χ2n) is 6.82. The molecule has 0 bridgehead atoms. The number of furan rings is 1. The lowest BCUT2D eigenvalue weighted by atomic mass is 9.96. The first kappa shape index (κ1) is 23.4. The van der Waals surface area contributed by atoms with Gasteiger partial charge in [0.05, 0.1) is 12.8 Å². The highest BCUT2D eigenvalue weighted by Gasteiger charge is 2.22. The zero-order valence-corrected chi connectivity index (χ0v) is 19.7. The van der Waals surface area contributed by atoms with Crippen molar-refractivity contribution in [1.82, 2.24) is 10.6 Å². The summed E-state index contributed by atoms with van der Waals surface area (Å²) in [5.74, 6) is 1.63. The molecular formula is C22H28IN3O2S. The van der Waals surface area contributed by atoms with Gasteiger partial charge in [-0.25, -0.2) is 4.99 Å². The Kier molecular flexibility index (Phi) is 9.69. The predicted molar refractivity (Wildman–Crippen MR) is 130 cm³/mol. The van der Waals surface area contributed by atoms with Crippen LogP contribution in [0.3, 0.4) is 0 Å². The molecule has 3 aromatic rings. The van der Waals surface area contributed by atoms with Crippen molar-refractivity contribution in [2.24, 2.45) is 4.99 Å². The minimum atomic E-state index is -1.02. The van der Waals surface area contributed by atoms with E-state index in [0.717, 1.165) is 30.7 Å². The summed E-state index contributed by atoms with van der Waals surface area (Å²) < 4.78 is 5.38. The van der Waals surface area contributed by atoms with E-state index in [1.54, 1.807) is 24.5 Å². The first-order valence-corrected chi connectivity index (χ1v) is 10.4. The van der Waals surface area contributed by atoms with E-state index in [0.29, 0.717) is 12.5 Å². The smallest absolute Gasteiger partial charge is 0.191 e. The van der Waals surface area contributed by atoms with E-state index < -0.39 is 5.60 Å². The molecule has 1 aromatic carbocycles. The van der Waals surface area contributed by atoms with Gasteiger partial charge >= 0.3 is 0 Å². The van der Waals surface area contributed by atoms with Gasteiger partial charge in [0.15, 0.2) is 5.96 Å². The van der Waals surface area contributed by atoms with Crippen LogP contribution in [0.25, 0.3) is 0 Å². The number of benzene rings is 1. The first-order chi connectivity index (χ1) is 13.6. The quantitative estimate of drug-likeness (QED) is 0.223. The molecule has 29 heavy (non-hydrogen) atoms. The summed E-state index contributed by atoms with van der Waals surface area (Å²) in [6.45, 7) is 3.54. The fourth-order valence-electron chi connectivity index (χ4n) is 2.81. The zero-order chi connectivity index (χ0) is 19.7. The highest BCUT2D eigenvalue weighted by molar-refractivity contribution is 14.0. The van der Waals surface area contributed by atoms with Crippen LogP contribution in [0.2, 0.25) is 0 Å². The Morgan fingerprint density at radius 3 is 2.45 bits per heavy atom. The summed E-state index contributed by atoms with van der Waals surface area (Å²) in [6, 6.07) is 17.7. The number of aliphatic hydroxyl groups is 1. The fourth-order valence-corrected chi connectivity index (χ4v) is 3.52. The van der Waals surface area contributed by atoms with Crippen molar-refractivity contribution in [3.8, 4) is 0 Å². The van der Waals surface area contributed by atoms with Crippen LogP contribution < -0.4 is 10.6 Å². The second kappa shape index (κ2) is 12.0. The van der Waals surface area contributed by atoms with Gasteiger partial charge in [0.25, 0.3) is 0 Å². The van der Waals surface area contributed by atoms with Crippen LogP contribution >= 0.6 is 35.3 Å². The van der Waals surface area contributed by atoms with Crippen molar-refractivity contribution in [1.29, 1.82) is 0 Å². The van der Waals surface area contributed by atoms with Crippen molar-refractivity contribution in [2.75, 3.05) is 19.6 Å². The Morgan fingerprint density at radius 2 is 1.79 bits per heavy atom. The second-order valence-corrected chi connectivity index (χ2v) is 7.85. The molecule has 2 aromatic heterocycles. The number of hydrogen-bond donors (Lipinski definition) is 3. The number of hydrogen-bond acceptors (Lipinski definition) is 4. The molecule has 2 heterocycles. The van der Waals surface area contributed by atoms with Crippen LogP contribution in [0.1, 0.15) is 23.1 Å². The van der Waals surface area contributed by atoms with Gasteiger partial charge in [-0.05, 0) is 42.5 Å². The molecule has 7 heteroatoms. The van der Waals surface area contributed by atoms with Crippen molar-refractivity contribution in [3.63, 3.8) is 0 Å². The summed E-state index contributed by atoms with van der Waals surface area (Å²) in [4.78, 5) is 5.96. The average Bonchev–Trinajstić information content (AvgIpc) is 3.40. The van der Waals surface area contributed by atoms with Crippen LogP contribution in [0.4, 0.5) is 0 Å². The fraction of sp³-hybridized carbons (Fsp3) is 0.318. The molecule has 1 atom stereocenters. The minimum Gasteiger partial charge on any atom is -0.469 e. The summed E-state index contributed by atoms with van der Waals surface area (Å²) in [5, 5.41) is 19.6. The third kappa shape index (κ3) is 7.83. The summed E-state index contributed by atoms with van der Waals surface area (Å²) in [5.41, 5.74) is -0.169. The van der Waals surface area contributed by atoms with Gasteiger partial charge in [-0.2, -0.15) is 0 Å². The van der Waals surface area contributed by atoms with Gasteiger partial charge in [0, 0.05) is 24.4 Å². The van der Waals surface area contributed by atoms with E-state index >= 15 is 0 Å². The van der Waals surface area contributed by atoms with Crippen molar-refractivity contribution in [3.05, 3.63) is 82.4 Å². The standard InChI is InChI=1S/C22H27N3O2S.HI/c1-22(26,18-7-3-2-4-8-18)17-25-21(23-13-11-19-9-5-15-27-19)24-14-12-20-10-6-16-28-20;/h2-10,15-16,26H,11-14,17H2,1H3,(H2,23,24,25);1H. The van der Waals surface area contributed by atoms with E-state index in [9.17, 15) is 5.11 Å². The lowest BCUT2D eigenvalue weighted by Gasteiger charge is -2.22. The molecular weight excluding hydrogens is 497 g/mol. The molecule has 3 rings (SSSR count). The molecule has 1 unspecified atom stereocenters. The summed E-state index contributed by atoms with van der Waals surface area (Å²) in [7, 11) is 0. The van der Waals surface area contributed by atoms with Gasteiger partial charge in [0.1, 0.15) is 11.4 Å². The molecule has 3 N–H and O–H groups in total. The monoisotopic (exact) mass is 525 g/mol. The van der Waals surface area contributed by atoms with Gasteiger partial charge in [-0.1, -0.05) is 36.4 Å². The number of nitrogens with one attached hydrogen (secondary N) is 2. The highest BCUT2D eigenvalue weighted by Crippen LogP contribution is 2.20. The van der Waals surface area contributed by atoms with Crippen LogP contribution in [0, 0.1) is 0 Å². The van der Waals surface area contributed by atoms with Crippen LogP contribution in [0.15, 0.2) is 75.7 Å². The van der Waals surface area contributed by atoms with E-state index in [1.807, 2.05) is 42.5 Å². The number of nitrogens with zero attached hydrogens (tertiary/aromatic N) is 1. The normalized spacial score (nSPS) is 13.4. The van der Waals surface area contributed by atoms with Crippen LogP contribution in [-0.2, 0) is 18.4 Å². The molecule has 0 aliphatic rings. The highest BCUT2D eigenvalue weighted by atomic mass is 127. The minimum absolute atomic E-state index is 0. The Hall–Kier alpha value is -1.84. The van der Waals surface area contributed by atoms with E-state index in [1.165, 1.54) is 4.88 Å². The first-order valence-electron chi connectivity index (χ1n) is 9.48. The molecule has 0 aliphatic heterocycles. The molecule has 0 radical (unpaired) electrons. The molecule has 0 spiro atoms. The summed E-state index contributed by atoms with van der Waals surface area (Å²) in [6.07, 6.45) is 3.39. The van der Waals surface area contributed by atoms with E-state index in [2.05, 4.69) is 33.1 Å². The molecule has 0 aliphatic carbocycles. The Balaban J connectivity index is 0.00000300. The zero-order valence-electron chi connectivity index (χ0n) is 16.5. The summed E-state index contributed by atoms with van der Waals surface area (Å²) >= 11 is 1.75. The van der Waals surface area contributed by atoms with Crippen molar-refractivity contribution >= 4 is 41.3 Å². The third-order valence-electron chi connectivity index (χ3n) is 4.43. The SMILES string of the molecule is CC(O)(CN=C(NCCc1ccco1)NCCc1cccs1)c1ccccc1.I. The van der Waals surface area contributed by atoms with E-state index in [-0.39, 0.29) is 30.5 Å². The number of rotatable bonds is 9. The maximum atomic E-state index is 10.8. The number of aliphatic imine (C=N–C) groups is 1.